The Balaban J connectivity index is 2.27. The van der Waals surface area contributed by atoms with Gasteiger partial charge in [-0.25, -0.2) is 4.39 Å². The Morgan fingerprint density at radius 2 is 2.10 bits per heavy atom. The van der Waals surface area contributed by atoms with Crippen molar-refractivity contribution in [2.24, 2.45) is 5.73 Å². The first-order chi connectivity index (χ1) is 9.29. The highest BCUT2D eigenvalue weighted by molar-refractivity contribution is 7.05. The Morgan fingerprint density at radius 1 is 1.40 bits per heavy atom. The van der Waals surface area contributed by atoms with Crippen LogP contribution in [0.25, 0.3) is 0 Å². The highest BCUT2D eigenvalue weighted by Gasteiger charge is 2.26. The minimum absolute atomic E-state index is 0.119. The lowest BCUT2D eigenvalue weighted by Crippen LogP contribution is -2.20. The third kappa shape index (κ3) is 3.34. The SMILES string of the molecule is CC(C)(C)c1nnsc1C(N)Cc1cc(F)ccc1Cl. The second kappa shape index (κ2) is 5.76. The van der Waals surface area contributed by atoms with Gasteiger partial charge in [0.1, 0.15) is 5.82 Å². The van der Waals surface area contributed by atoms with Gasteiger partial charge in [0.2, 0.25) is 0 Å². The van der Waals surface area contributed by atoms with E-state index in [1.807, 2.05) is 0 Å². The molecule has 0 aliphatic carbocycles. The summed E-state index contributed by atoms with van der Waals surface area (Å²) in [7, 11) is 0. The van der Waals surface area contributed by atoms with Gasteiger partial charge in [-0.15, -0.1) is 5.10 Å². The van der Waals surface area contributed by atoms with Crippen LogP contribution < -0.4 is 5.73 Å². The van der Waals surface area contributed by atoms with Crippen LogP contribution in [-0.2, 0) is 11.8 Å². The molecular formula is C14H17ClFN3S. The standard InChI is InChI=1S/C14H17ClFN3S/c1-14(2,3)13-12(20-19-18-13)11(17)7-8-6-9(16)4-5-10(8)15/h4-6,11H,7,17H2,1-3H3. The second-order valence-corrected chi connectivity index (χ2v) is 6.98. The minimum Gasteiger partial charge on any atom is -0.323 e. The lowest BCUT2D eigenvalue weighted by molar-refractivity contribution is 0.550. The highest BCUT2D eigenvalue weighted by Crippen LogP contribution is 2.32. The van der Waals surface area contributed by atoms with Crippen LogP contribution in [0.2, 0.25) is 5.02 Å². The Bertz CT molecular complexity index is 607. The Morgan fingerprint density at radius 3 is 2.75 bits per heavy atom. The average Bonchev–Trinajstić information content (AvgIpc) is 2.82. The normalized spacial score (nSPS) is 13.5. The van der Waals surface area contributed by atoms with Gasteiger partial charge in [0.15, 0.2) is 0 Å². The largest absolute Gasteiger partial charge is 0.323 e. The van der Waals surface area contributed by atoms with E-state index in [4.69, 9.17) is 17.3 Å². The van der Waals surface area contributed by atoms with Crippen LogP contribution in [0, 0.1) is 5.82 Å². The van der Waals surface area contributed by atoms with Crippen LogP contribution in [0.15, 0.2) is 18.2 Å². The number of rotatable bonds is 3. The van der Waals surface area contributed by atoms with E-state index in [0.717, 1.165) is 10.6 Å². The summed E-state index contributed by atoms with van der Waals surface area (Å²) < 4.78 is 17.3. The number of aromatic nitrogens is 2. The fourth-order valence-electron chi connectivity index (χ4n) is 1.99. The molecular weight excluding hydrogens is 297 g/mol. The maximum Gasteiger partial charge on any atom is 0.123 e. The Labute approximate surface area is 127 Å². The minimum atomic E-state index is -0.310. The fraction of sp³-hybridized carbons (Fsp3) is 0.429. The van der Waals surface area contributed by atoms with E-state index >= 15 is 0 Å². The van der Waals surface area contributed by atoms with E-state index in [0.29, 0.717) is 17.0 Å². The molecule has 0 spiro atoms. The number of hydrogen-bond acceptors (Lipinski definition) is 4. The van der Waals surface area contributed by atoms with Crippen molar-refractivity contribution in [3.05, 3.63) is 45.2 Å². The van der Waals surface area contributed by atoms with Crippen molar-refractivity contribution < 1.29 is 4.39 Å². The van der Waals surface area contributed by atoms with E-state index < -0.39 is 0 Å². The third-order valence-corrected chi connectivity index (χ3v) is 4.23. The summed E-state index contributed by atoms with van der Waals surface area (Å²) in [6.07, 6.45) is 0.462. The molecule has 0 saturated carbocycles. The molecule has 6 heteroatoms. The summed E-state index contributed by atoms with van der Waals surface area (Å²) in [5.41, 5.74) is 7.71. The molecule has 0 aliphatic heterocycles. The van der Waals surface area contributed by atoms with Crippen molar-refractivity contribution >= 4 is 23.1 Å². The molecule has 0 amide bonds. The van der Waals surface area contributed by atoms with Gasteiger partial charge < -0.3 is 5.73 Å². The molecule has 2 aromatic rings. The predicted octanol–water partition coefficient (Wildman–Crippen LogP) is 3.87. The number of benzene rings is 1. The molecule has 1 aromatic heterocycles. The first-order valence-electron chi connectivity index (χ1n) is 6.31. The molecule has 108 valence electrons. The number of halogens is 2. The summed E-state index contributed by atoms with van der Waals surface area (Å²) in [6, 6.07) is 4.03. The topological polar surface area (TPSA) is 51.8 Å². The summed E-state index contributed by atoms with van der Waals surface area (Å²) in [5, 5.41) is 4.70. The quantitative estimate of drug-likeness (QED) is 0.935. The molecule has 20 heavy (non-hydrogen) atoms. The van der Waals surface area contributed by atoms with Crippen molar-refractivity contribution in [1.29, 1.82) is 0 Å². The summed E-state index contributed by atoms with van der Waals surface area (Å²) in [6.45, 7) is 6.19. The highest BCUT2D eigenvalue weighted by atomic mass is 35.5. The molecule has 0 radical (unpaired) electrons. The van der Waals surface area contributed by atoms with Gasteiger partial charge in [0.05, 0.1) is 10.6 Å². The van der Waals surface area contributed by atoms with Gasteiger partial charge in [0.25, 0.3) is 0 Å². The average molecular weight is 314 g/mol. The van der Waals surface area contributed by atoms with E-state index in [1.165, 1.54) is 23.7 Å². The molecule has 1 atom stereocenters. The van der Waals surface area contributed by atoms with Crippen LogP contribution in [0.1, 0.15) is 42.9 Å². The van der Waals surface area contributed by atoms with Gasteiger partial charge in [-0.2, -0.15) is 0 Å². The summed E-state index contributed by atoms with van der Waals surface area (Å²) in [5.74, 6) is -0.310. The Hall–Kier alpha value is -1.04. The lowest BCUT2D eigenvalue weighted by atomic mass is 9.89. The zero-order valence-corrected chi connectivity index (χ0v) is 13.2. The van der Waals surface area contributed by atoms with Crippen LogP contribution >= 0.6 is 23.1 Å². The lowest BCUT2D eigenvalue weighted by Gasteiger charge is -2.19. The van der Waals surface area contributed by atoms with Crippen LogP contribution in [-0.4, -0.2) is 9.59 Å². The monoisotopic (exact) mass is 313 g/mol. The van der Waals surface area contributed by atoms with E-state index in [9.17, 15) is 4.39 Å². The van der Waals surface area contributed by atoms with Gasteiger partial charge >= 0.3 is 0 Å². The molecule has 0 saturated heterocycles. The van der Waals surface area contributed by atoms with E-state index in [2.05, 4.69) is 30.4 Å². The number of nitrogens with zero attached hydrogens (tertiary/aromatic N) is 2. The zero-order chi connectivity index (χ0) is 14.9. The van der Waals surface area contributed by atoms with Crippen molar-refractivity contribution in [3.8, 4) is 0 Å². The molecule has 3 nitrogen and oxygen atoms in total. The van der Waals surface area contributed by atoms with E-state index in [1.54, 1.807) is 6.07 Å². The molecule has 1 heterocycles. The summed E-state index contributed by atoms with van der Waals surface area (Å²) in [4.78, 5) is 0.929. The molecule has 1 aromatic carbocycles. The van der Waals surface area contributed by atoms with Crippen LogP contribution in [0.3, 0.4) is 0 Å². The van der Waals surface area contributed by atoms with Gasteiger partial charge in [-0.1, -0.05) is 36.9 Å². The number of nitrogens with two attached hydrogens (primary N) is 1. The van der Waals surface area contributed by atoms with Gasteiger partial charge in [0, 0.05) is 16.5 Å². The maximum atomic E-state index is 13.3. The van der Waals surface area contributed by atoms with Crippen molar-refractivity contribution in [1.82, 2.24) is 9.59 Å². The molecule has 0 aliphatic rings. The molecule has 2 N–H and O–H groups in total. The maximum absolute atomic E-state index is 13.3. The summed E-state index contributed by atoms with van der Waals surface area (Å²) >= 11 is 7.37. The molecule has 0 bridgehead atoms. The van der Waals surface area contributed by atoms with Gasteiger partial charge in [-0.05, 0) is 41.7 Å². The van der Waals surface area contributed by atoms with Crippen LogP contribution in [0.4, 0.5) is 4.39 Å². The van der Waals surface area contributed by atoms with Gasteiger partial charge in [-0.3, -0.25) is 0 Å². The Kier molecular flexibility index (Phi) is 4.42. The van der Waals surface area contributed by atoms with Crippen molar-refractivity contribution in [2.45, 2.75) is 38.6 Å². The van der Waals surface area contributed by atoms with Crippen molar-refractivity contribution in [2.75, 3.05) is 0 Å². The molecule has 1 unspecified atom stereocenters. The third-order valence-electron chi connectivity index (χ3n) is 3.01. The molecule has 2 rings (SSSR count). The smallest absolute Gasteiger partial charge is 0.123 e. The van der Waals surface area contributed by atoms with E-state index in [-0.39, 0.29) is 17.3 Å². The zero-order valence-electron chi connectivity index (χ0n) is 11.7. The van der Waals surface area contributed by atoms with Crippen molar-refractivity contribution in [3.63, 3.8) is 0 Å². The number of hydrogen-bond donors (Lipinski definition) is 1. The molecule has 0 fully saturated rings. The first kappa shape index (κ1) is 15.4. The fourth-order valence-corrected chi connectivity index (χ4v) is 3.05. The predicted molar refractivity (Wildman–Crippen MR) is 80.7 cm³/mol. The van der Waals surface area contributed by atoms with Crippen LogP contribution in [0.5, 0.6) is 0 Å². The first-order valence-corrected chi connectivity index (χ1v) is 7.46. The second-order valence-electron chi connectivity index (χ2n) is 5.78.